The van der Waals surface area contributed by atoms with Crippen LogP contribution in [0, 0.1) is 6.92 Å². The summed E-state index contributed by atoms with van der Waals surface area (Å²) in [5.41, 5.74) is 4.81. The summed E-state index contributed by atoms with van der Waals surface area (Å²) in [6.45, 7) is 3.44. The zero-order chi connectivity index (χ0) is 21.8. The summed E-state index contributed by atoms with van der Waals surface area (Å²) in [5.74, 6) is -0.694. The maximum Gasteiger partial charge on any atom is 0.272 e. The van der Waals surface area contributed by atoms with Crippen molar-refractivity contribution in [3.8, 4) is 10.6 Å². The highest BCUT2D eigenvalue weighted by Gasteiger charge is 2.12. The van der Waals surface area contributed by atoms with Gasteiger partial charge in [-0.25, -0.2) is 4.98 Å². The van der Waals surface area contributed by atoms with Crippen molar-refractivity contribution in [1.29, 1.82) is 0 Å². The highest BCUT2D eigenvalue weighted by molar-refractivity contribution is 7.21. The molecule has 0 spiro atoms. The SMILES string of the molecule is CC(=O)N/C(=C\c1ccccc1)C(=O)Nc1ccc(-c2nc3ccc(C)cc3s2)cc1. The summed E-state index contributed by atoms with van der Waals surface area (Å²) in [4.78, 5) is 29.0. The molecule has 0 fully saturated rings. The van der Waals surface area contributed by atoms with Crippen molar-refractivity contribution in [3.05, 3.63) is 89.6 Å². The molecule has 5 nitrogen and oxygen atoms in total. The van der Waals surface area contributed by atoms with Crippen molar-refractivity contribution in [2.45, 2.75) is 13.8 Å². The largest absolute Gasteiger partial charge is 0.322 e. The van der Waals surface area contributed by atoms with Crippen LogP contribution in [0.3, 0.4) is 0 Å². The van der Waals surface area contributed by atoms with E-state index in [1.54, 1.807) is 17.4 Å². The minimum atomic E-state index is -0.387. The van der Waals surface area contributed by atoms with Crippen LogP contribution in [0.5, 0.6) is 0 Å². The van der Waals surface area contributed by atoms with E-state index in [1.807, 2.05) is 60.7 Å². The van der Waals surface area contributed by atoms with Gasteiger partial charge in [0.1, 0.15) is 10.7 Å². The molecule has 0 atom stereocenters. The van der Waals surface area contributed by atoms with Crippen molar-refractivity contribution in [2.75, 3.05) is 5.32 Å². The number of benzene rings is 3. The molecule has 4 aromatic rings. The number of fused-ring (bicyclic) bond motifs is 1. The average Bonchev–Trinajstić information content (AvgIpc) is 3.17. The number of hydrogen-bond acceptors (Lipinski definition) is 4. The van der Waals surface area contributed by atoms with Crippen LogP contribution in [0.15, 0.2) is 78.5 Å². The molecule has 154 valence electrons. The molecule has 4 rings (SSSR count). The van der Waals surface area contributed by atoms with E-state index in [0.29, 0.717) is 5.69 Å². The summed E-state index contributed by atoms with van der Waals surface area (Å²) in [6, 6.07) is 23.1. The monoisotopic (exact) mass is 427 g/mol. The fourth-order valence-corrected chi connectivity index (χ4v) is 4.18. The lowest BCUT2D eigenvalue weighted by Crippen LogP contribution is -2.28. The predicted molar refractivity (Wildman–Crippen MR) is 127 cm³/mol. The molecule has 0 aliphatic carbocycles. The molecule has 0 saturated heterocycles. The second-order valence-electron chi connectivity index (χ2n) is 7.17. The molecule has 0 saturated carbocycles. The van der Waals surface area contributed by atoms with Gasteiger partial charge >= 0.3 is 0 Å². The Morgan fingerprint density at radius 1 is 0.968 bits per heavy atom. The van der Waals surface area contributed by atoms with Crippen LogP contribution in [0.4, 0.5) is 5.69 Å². The number of thiazole rings is 1. The molecule has 2 amide bonds. The van der Waals surface area contributed by atoms with Crippen molar-refractivity contribution in [3.63, 3.8) is 0 Å². The topological polar surface area (TPSA) is 71.1 Å². The van der Waals surface area contributed by atoms with Crippen LogP contribution in [-0.2, 0) is 9.59 Å². The Balaban J connectivity index is 1.53. The first kappa shape index (κ1) is 20.5. The minimum Gasteiger partial charge on any atom is -0.322 e. The highest BCUT2D eigenvalue weighted by Crippen LogP contribution is 2.31. The van der Waals surface area contributed by atoms with Crippen LogP contribution in [0.1, 0.15) is 18.1 Å². The van der Waals surface area contributed by atoms with Gasteiger partial charge in [0.15, 0.2) is 0 Å². The fourth-order valence-electron chi connectivity index (χ4n) is 3.11. The van der Waals surface area contributed by atoms with E-state index in [-0.39, 0.29) is 17.5 Å². The van der Waals surface area contributed by atoms with Gasteiger partial charge in [-0.3, -0.25) is 9.59 Å². The summed E-state index contributed by atoms with van der Waals surface area (Å²) >= 11 is 1.64. The Labute approximate surface area is 184 Å². The number of rotatable bonds is 5. The van der Waals surface area contributed by atoms with Gasteiger partial charge < -0.3 is 10.6 Å². The molecule has 1 aromatic heterocycles. The quantitative estimate of drug-likeness (QED) is 0.420. The summed E-state index contributed by atoms with van der Waals surface area (Å²) < 4.78 is 1.15. The predicted octanol–water partition coefficient (Wildman–Crippen LogP) is 5.39. The molecular weight excluding hydrogens is 406 g/mol. The normalized spacial score (nSPS) is 11.4. The van der Waals surface area contributed by atoms with Gasteiger partial charge in [-0.15, -0.1) is 11.3 Å². The molecule has 31 heavy (non-hydrogen) atoms. The Bertz CT molecular complexity index is 1280. The molecule has 0 aliphatic heterocycles. The third-order valence-electron chi connectivity index (χ3n) is 4.60. The lowest BCUT2D eigenvalue weighted by molar-refractivity contribution is -0.120. The molecule has 3 aromatic carbocycles. The van der Waals surface area contributed by atoms with E-state index in [1.165, 1.54) is 12.5 Å². The third kappa shape index (κ3) is 5.05. The molecule has 2 N–H and O–H groups in total. The first-order valence-electron chi connectivity index (χ1n) is 9.81. The van der Waals surface area contributed by atoms with E-state index >= 15 is 0 Å². The number of hydrogen-bond donors (Lipinski definition) is 2. The van der Waals surface area contributed by atoms with Crippen LogP contribution >= 0.6 is 11.3 Å². The first-order valence-corrected chi connectivity index (χ1v) is 10.6. The number of carbonyl (C=O) groups excluding carboxylic acids is 2. The van der Waals surface area contributed by atoms with Crippen molar-refractivity contribution >= 4 is 45.1 Å². The summed E-state index contributed by atoms with van der Waals surface area (Å²) in [7, 11) is 0. The standard InChI is InChI=1S/C25H21N3O2S/c1-16-8-13-21-23(14-16)31-25(28-21)19-9-11-20(12-10-19)27-24(30)22(26-17(2)29)15-18-6-4-3-5-7-18/h3-15H,1-2H3,(H,26,29)(H,27,30)/b22-15-. The second kappa shape index (κ2) is 8.93. The van der Waals surface area contributed by atoms with Gasteiger partial charge in [-0.05, 0) is 60.5 Å². The first-order chi connectivity index (χ1) is 15.0. The molecule has 0 unspecified atom stereocenters. The zero-order valence-corrected chi connectivity index (χ0v) is 18.0. The van der Waals surface area contributed by atoms with Gasteiger partial charge in [-0.2, -0.15) is 0 Å². The number of aromatic nitrogens is 1. The highest BCUT2D eigenvalue weighted by atomic mass is 32.1. The van der Waals surface area contributed by atoms with Crippen molar-refractivity contribution in [2.24, 2.45) is 0 Å². The van der Waals surface area contributed by atoms with Crippen LogP contribution in [0.2, 0.25) is 0 Å². The lowest BCUT2D eigenvalue weighted by atomic mass is 10.1. The number of carbonyl (C=O) groups is 2. The van der Waals surface area contributed by atoms with Crippen LogP contribution in [-0.4, -0.2) is 16.8 Å². The average molecular weight is 428 g/mol. The van der Waals surface area contributed by atoms with Crippen LogP contribution in [0.25, 0.3) is 26.9 Å². The van der Waals surface area contributed by atoms with Crippen molar-refractivity contribution in [1.82, 2.24) is 10.3 Å². The third-order valence-corrected chi connectivity index (χ3v) is 5.67. The maximum absolute atomic E-state index is 12.8. The van der Waals surface area contributed by atoms with Crippen molar-refractivity contribution < 1.29 is 9.59 Å². The molecule has 0 bridgehead atoms. The van der Waals surface area contributed by atoms with Gasteiger partial charge in [-0.1, -0.05) is 36.4 Å². The van der Waals surface area contributed by atoms with E-state index in [9.17, 15) is 9.59 Å². The van der Waals surface area contributed by atoms with Gasteiger partial charge in [0.25, 0.3) is 5.91 Å². The number of aryl methyl sites for hydroxylation is 1. The van der Waals surface area contributed by atoms with Gasteiger partial charge in [0, 0.05) is 18.2 Å². The molecular formula is C25H21N3O2S. The molecule has 1 heterocycles. The van der Waals surface area contributed by atoms with Gasteiger partial charge in [0.05, 0.1) is 10.2 Å². The molecule has 0 radical (unpaired) electrons. The van der Waals surface area contributed by atoms with Gasteiger partial charge in [0.2, 0.25) is 5.91 Å². The second-order valence-corrected chi connectivity index (χ2v) is 8.20. The number of nitrogens with one attached hydrogen (secondary N) is 2. The maximum atomic E-state index is 12.8. The zero-order valence-electron chi connectivity index (χ0n) is 17.2. The minimum absolute atomic E-state index is 0.185. The number of nitrogens with zero attached hydrogens (tertiary/aromatic N) is 1. The Morgan fingerprint density at radius 3 is 2.42 bits per heavy atom. The number of anilines is 1. The number of amides is 2. The Morgan fingerprint density at radius 2 is 1.71 bits per heavy atom. The molecule has 6 heteroatoms. The van der Waals surface area contributed by atoms with E-state index in [4.69, 9.17) is 4.98 Å². The Hall–Kier alpha value is -3.77. The van der Waals surface area contributed by atoms with E-state index in [0.717, 1.165) is 26.4 Å². The fraction of sp³-hybridized carbons (Fsp3) is 0.0800. The Kier molecular flexibility index (Phi) is 5.91. The molecule has 0 aliphatic rings. The van der Waals surface area contributed by atoms with E-state index in [2.05, 4.69) is 29.7 Å². The summed E-state index contributed by atoms with van der Waals surface area (Å²) in [6.07, 6.45) is 1.65. The smallest absolute Gasteiger partial charge is 0.272 e. The summed E-state index contributed by atoms with van der Waals surface area (Å²) in [5, 5.41) is 6.38. The van der Waals surface area contributed by atoms with E-state index < -0.39 is 0 Å². The van der Waals surface area contributed by atoms with Crippen LogP contribution < -0.4 is 10.6 Å². The lowest BCUT2D eigenvalue weighted by Gasteiger charge is -2.10.